The van der Waals surface area contributed by atoms with Crippen molar-refractivity contribution in [2.24, 2.45) is 0 Å². The molecular weight excluding hydrogens is 191 g/mol. The van der Waals surface area contributed by atoms with Crippen LogP contribution in [0.1, 0.15) is 0 Å². The van der Waals surface area contributed by atoms with E-state index in [9.17, 15) is 0 Å². The standard InChI is InChI=1S/Ag.ClHO3/c;2-1(3)4/h;2H. The monoisotopic (exact) mass is 191 g/mol. The minimum Gasteiger partial charge on any atom is -0.321 e. The van der Waals surface area contributed by atoms with Crippen LogP contribution in [0.5, 0.6) is 0 Å². The van der Waals surface area contributed by atoms with Crippen LogP contribution in [0.2, 0.25) is 0 Å². The van der Waals surface area contributed by atoms with Gasteiger partial charge in [-0.25, -0.2) is 0 Å². The molecule has 0 saturated heterocycles. The molecule has 0 aromatic heterocycles. The van der Waals surface area contributed by atoms with Crippen LogP contribution in [0.4, 0.5) is 0 Å². The van der Waals surface area contributed by atoms with E-state index in [-0.39, 0.29) is 22.4 Å². The molecule has 1 N–H and O–H groups in total. The van der Waals surface area contributed by atoms with Crippen molar-refractivity contribution < 1.29 is 47.1 Å². The summed E-state index contributed by atoms with van der Waals surface area (Å²) in [5.74, 6) is 0. The van der Waals surface area contributed by atoms with Gasteiger partial charge in [0.05, 0.1) is 0 Å². The van der Waals surface area contributed by atoms with Crippen LogP contribution in [-0.2, 0) is 22.4 Å². The largest absolute Gasteiger partial charge is 0.321 e. The molecule has 5 heteroatoms. The Balaban J connectivity index is 0. The Labute approximate surface area is 47.5 Å². The summed E-state index contributed by atoms with van der Waals surface area (Å²) in [6.07, 6.45) is 0. The first-order valence-electron chi connectivity index (χ1n) is 0.478. The van der Waals surface area contributed by atoms with Crippen LogP contribution in [0, 0.1) is 10.8 Å². The first-order valence-corrected chi connectivity index (χ1v) is 1.43. The zero-order valence-electron chi connectivity index (χ0n) is 1.94. The van der Waals surface area contributed by atoms with Crippen molar-refractivity contribution in [1.82, 2.24) is 0 Å². The molecule has 0 amide bonds. The molecule has 0 rings (SSSR count). The predicted octanol–water partition coefficient (Wildman–Crippen LogP) is -2.94. The van der Waals surface area contributed by atoms with Gasteiger partial charge in [-0.1, -0.05) is 0 Å². The van der Waals surface area contributed by atoms with Gasteiger partial charge in [0.2, 0.25) is 0 Å². The van der Waals surface area contributed by atoms with Crippen molar-refractivity contribution in [3.05, 3.63) is 0 Å². The Morgan fingerprint density at radius 3 is 1.40 bits per heavy atom. The number of hydrogen-bond acceptors (Lipinski definition) is 3. The van der Waals surface area contributed by atoms with Crippen molar-refractivity contribution in [3.63, 3.8) is 0 Å². The summed E-state index contributed by atoms with van der Waals surface area (Å²) in [6.45, 7) is 0. The van der Waals surface area contributed by atoms with Gasteiger partial charge in [0.15, 0.2) is 0 Å². The summed E-state index contributed by atoms with van der Waals surface area (Å²) in [7, 11) is -2.60. The number of halogens is 1. The van der Waals surface area contributed by atoms with Crippen molar-refractivity contribution in [1.29, 1.82) is 0 Å². The maximum atomic E-state index is 8.52. The molecule has 0 saturated carbocycles. The zero-order valence-corrected chi connectivity index (χ0v) is 4.18. The number of rotatable bonds is 0. The fourth-order valence-electron chi connectivity index (χ4n) is 0. The van der Waals surface area contributed by atoms with Crippen LogP contribution in [-0.4, -0.2) is 4.66 Å². The Bertz CT molecular complexity index is 11.6. The van der Waals surface area contributed by atoms with Crippen molar-refractivity contribution >= 4 is 0 Å². The average Bonchev–Trinajstić information content (AvgIpc) is 0.811. The Morgan fingerprint density at radius 2 is 1.40 bits per heavy atom. The van der Waals surface area contributed by atoms with E-state index in [1.807, 2.05) is 0 Å². The molecule has 0 aromatic carbocycles. The van der Waals surface area contributed by atoms with E-state index in [1.165, 1.54) is 0 Å². The smallest absolute Gasteiger partial charge is 0.282 e. The van der Waals surface area contributed by atoms with Gasteiger partial charge in [0.25, 0.3) is 10.8 Å². The average molecular weight is 192 g/mol. The normalized spacial score (nSPS) is 7.20. The van der Waals surface area contributed by atoms with Crippen LogP contribution >= 0.6 is 0 Å². The molecule has 0 fully saturated rings. The molecule has 0 aliphatic carbocycles. The van der Waals surface area contributed by atoms with Crippen molar-refractivity contribution in [3.8, 4) is 0 Å². The third kappa shape index (κ3) is 50.2. The van der Waals surface area contributed by atoms with Gasteiger partial charge in [-0.3, -0.25) is 0 Å². The van der Waals surface area contributed by atoms with E-state index in [2.05, 4.69) is 0 Å². The minimum absolute atomic E-state index is 0. The molecule has 1 radical (unpaired) electrons. The topological polar surface area (TPSA) is 66.3 Å². The molecule has 3 nitrogen and oxygen atoms in total. The van der Waals surface area contributed by atoms with E-state index < -0.39 is 10.8 Å². The summed E-state index contributed by atoms with van der Waals surface area (Å²) in [5.41, 5.74) is 0. The molecule has 0 unspecified atom stereocenters. The first kappa shape index (κ1) is 9.32. The Morgan fingerprint density at radius 1 is 1.40 bits per heavy atom. The SMILES string of the molecule is [Ag].[O-][Cl+2]([O-])O. The second-order valence-corrected chi connectivity index (χ2v) is 0.603. The maximum absolute atomic E-state index is 8.52. The summed E-state index contributed by atoms with van der Waals surface area (Å²) in [6, 6.07) is 0. The fraction of sp³-hybridized carbons (Fsp3) is 0. The van der Waals surface area contributed by atoms with Crippen molar-refractivity contribution in [2.45, 2.75) is 0 Å². The van der Waals surface area contributed by atoms with Gasteiger partial charge < -0.3 is 9.32 Å². The molecule has 0 aromatic rings. The second-order valence-electron chi connectivity index (χ2n) is 0.201. The van der Waals surface area contributed by atoms with Gasteiger partial charge >= 0.3 is 0 Å². The molecule has 5 heavy (non-hydrogen) atoms. The van der Waals surface area contributed by atoms with Crippen LogP contribution in [0.15, 0.2) is 0 Å². The van der Waals surface area contributed by atoms with Gasteiger partial charge in [-0.15, -0.1) is 0 Å². The minimum atomic E-state index is -2.60. The summed E-state index contributed by atoms with van der Waals surface area (Å²) in [5, 5.41) is 0. The van der Waals surface area contributed by atoms with Crippen molar-refractivity contribution in [2.75, 3.05) is 0 Å². The molecule has 0 aliphatic heterocycles. The predicted molar refractivity (Wildman–Crippen MR) is 2.22 cm³/mol. The quantitative estimate of drug-likeness (QED) is 0.418. The first-order chi connectivity index (χ1) is 1.73. The molecule has 0 aliphatic rings. The van der Waals surface area contributed by atoms with Gasteiger partial charge in [0, 0.05) is 27.0 Å². The van der Waals surface area contributed by atoms with Crippen LogP contribution in [0.3, 0.4) is 0 Å². The summed E-state index contributed by atoms with van der Waals surface area (Å²) in [4.78, 5) is 0. The molecule has 0 spiro atoms. The van der Waals surface area contributed by atoms with Gasteiger partial charge in [-0.05, 0) is 0 Å². The third-order valence-corrected chi connectivity index (χ3v) is 0. The van der Waals surface area contributed by atoms with E-state index in [4.69, 9.17) is 14.0 Å². The zero-order chi connectivity index (χ0) is 3.58. The summed E-state index contributed by atoms with van der Waals surface area (Å²) < 4.78 is 24.0. The fourth-order valence-corrected chi connectivity index (χ4v) is 0. The molecular formula is HAgClO3. The van der Waals surface area contributed by atoms with E-state index in [0.717, 1.165) is 0 Å². The maximum Gasteiger partial charge on any atom is 0.282 e. The van der Waals surface area contributed by atoms with E-state index >= 15 is 0 Å². The van der Waals surface area contributed by atoms with Crippen LogP contribution < -0.4 is 9.32 Å². The van der Waals surface area contributed by atoms with E-state index in [0.29, 0.717) is 0 Å². The number of hydrogen-bond donors (Lipinski definition) is 1. The molecule has 0 bridgehead atoms. The van der Waals surface area contributed by atoms with Gasteiger partial charge in [-0.2, -0.15) is 0 Å². The second kappa shape index (κ2) is 4.91. The van der Waals surface area contributed by atoms with Gasteiger partial charge in [0.1, 0.15) is 0 Å². The molecule has 0 heterocycles. The van der Waals surface area contributed by atoms with E-state index in [1.54, 1.807) is 0 Å². The summed E-state index contributed by atoms with van der Waals surface area (Å²) >= 11 is 0. The molecule has 0 atom stereocenters. The Kier molecular flexibility index (Phi) is 9.15. The molecule has 37 valence electrons. The van der Waals surface area contributed by atoms with Crippen LogP contribution in [0.25, 0.3) is 0 Å². The Hall–Kier alpha value is 0.910. The third-order valence-electron chi connectivity index (χ3n) is 0.